The van der Waals surface area contributed by atoms with Crippen molar-refractivity contribution >= 4 is 50.8 Å². The molecule has 0 aliphatic carbocycles. The summed E-state index contributed by atoms with van der Waals surface area (Å²) >= 11 is 11.8. The smallest absolute Gasteiger partial charge is 0.475 e. The van der Waals surface area contributed by atoms with E-state index in [9.17, 15) is 21.6 Å². The molecule has 0 heterocycles. The van der Waals surface area contributed by atoms with Gasteiger partial charge in [0, 0.05) is 5.69 Å². The molecule has 0 bridgehead atoms. The molecule has 2 aromatic rings. The minimum Gasteiger partial charge on any atom is -0.475 e. The molecule has 0 atom stereocenters. The van der Waals surface area contributed by atoms with Crippen LogP contribution in [0.4, 0.5) is 18.9 Å². The number of nitrogens with zero attached hydrogens (tertiary/aromatic N) is 1. The summed E-state index contributed by atoms with van der Waals surface area (Å²) in [6.45, 7) is 0.315. The van der Waals surface area contributed by atoms with Gasteiger partial charge in [0.05, 0.1) is 16.6 Å². The third-order valence-corrected chi connectivity index (χ3v) is 5.45. The largest absolute Gasteiger partial charge is 0.490 e. The molecule has 0 aromatic heterocycles. The lowest BCUT2D eigenvalue weighted by Gasteiger charge is -2.10. The quantitative estimate of drug-likeness (QED) is 0.376. The van der Waals surface area contributed by atoms with Gasteiger partial charge in [-0.1, -0.05) is 41.4 Å². The maximum absolute atomic E-state index is 12.4. The molecule has 0 aliphatic heterocycles. The van der Waals surface area contributed by atoms with E-state index in [-0.39, 0.29) is 20.9 Å². The van der Waals surface area contributed by atoms with Crippen LogP contribution in [0.25, 0.3) is 0 Å². The number of halogens is 5. The van der Waals surface area contributed by atoms with Gasteiger partial charge in [0.15, 0.2) is 5.96 Å². The highest BCUT2D eigenvalue weighted by molar-refractivity contribution is 7.92. The average Bonchev–Trinajstić information content (AvgIpc) is 2.62. The Labute approximate surface area is 179 Å². The van der Waals surface area contributed by atoms with Crippen molar-refractivity contribution in [3.05, 3.63) is 58.1 Å². The lowest BCUT2D eigenvalue weighted by atomic mass is 10.2. The van der Waals surface area contributed by atoms with Crippen molar-refractivity contribution in [2.24, 2.45) is 16.5 Å². The number of nitrogens with one attached hydrogen (secondary N) is 1. The van der Waals surface area contributed by atoms with Gasteiger partial charge in [-0.2, -0.15) is 13.2 Å². The third kappa shape index (κ3) is 7.97. The Kier molecular flexibility index (Phi) is 8.75. The molecule has 164 valence electrons. The Morgan fingerprint density at radius 1 is 1.10 bits per heavy atom. The third-order valence-electron chi connectivity index (χ3n) is 3.10. The first-order valence-electron chi connectivity index (χ1n) is 7.65. The molecule has 0 saturated heterocycles. The number of carbonyl (C=O) groups is 1. The van der Waals surface area contributed by atoms with E-state index in [4.69, 9.17) is 44.6 Å². The van der Waals surface area contributed by atoms with Crippen LogP contribution in [0.3, 0.4) is 0 Å². The van der Waals surface area contributed by atoms with Crippen LogP contribution < -0.4 is 16.2 Å². The lowest BCUT2D eigenvalue weighted by molar-refractivity contribution is -0.192. The summed E-state index contributed by atoms with van der Waals surface area (Å²) in [7, 11) is -3.84. The van der Waals surface area contributed by atoms with E-state index in [1.54, 1.807) is 24.3 Å². The molecular weight excluding hydrogens is 472 g/mol. The second-order valence-corrected chi connectivity index (χ2v) is 7.83. The van der Waals surface area contributed by atoms with Gasteiger partial charge < -0.3 is 16.6 Å². The van der Waals surface area contributed by atoms with E-state index >= 15 is 0 Å². The molecule has 2 aromatic carbocycles. The van der Waals surface area contributed by atoms with Crippen LogP contribution in [-0.2, 0) is 21.4 Å². The topological polar surface area (TPSA) is 148 Å². The zero-order chi connectivity index (χ0) is 23.1. The Morgan fingerprint density at radius 3 is 2.10 bits per heavy atom. The van der Waals surface area contributed by atoms with Crippen LogP contribution in [-0.4, -0.2) is 31.6 Å². The second kappa shape index (κ2) is 10.4. The summed E-state index contributed by atoms with van der Waals surface area (Å²) in [5.41, 5.74) is 11.7. The molecule has 0 saturated carbocycles. The summed E-state index contributed by atoms with van der Waals surface area (Å²) in [6.07, 6.45) is -5.08. The predicted octanol–water partition coefficient (Wildman–Crippen LogP) is 3.20. The number of aliphatic carboxylic acids is 1. The molecule has 0 unspecified atom stereocenters. The van der Waals surface area contributed by atoms with Crippen molar-refractivity contribution < 1.29 is 31.5 Å². The number of hydrogen-bond donors (Lipinski definition) is 4. The van der Waals surface area contributed by atoms with Crippen molar-refractivity contribution in [3.63, 3.8) is 0 Å². The first kappa shape index (κ1) is 25.3. The minimum atomic E-state index is -5.08. The van der Waals surface area contributed by atoms with E-state index in [0.717, 1.165) is 5.56 Å². The van der Waals surface area contributed by atoms with Crippen molar-refractivity contribution in [2.75, 3.05) is 4.72 Å². The van der Waals surface area contributed by atoms with Crippen molar-refractivity contribution in [3.8, 4) is 0 Å². The van der Waals surface area contributed by atoms with Crippen LogP contribution in [0.2, 0.25) is 10.0 Å². The molecular formula is C16H15Cl2F3N4O4S. The predicted molar refractivity (Wildman–Crippen MR) is 107 cm³/mol. The fourth-order valence-corrected chi connectivity index (χ4v) is 3.58. The number of anilines is 1. The van der Waals surface area contributed by atoms with Crippen molar-refractivity contribution in [2.45, 2.75) is 17.6 Å². The lowest BCUT2D eigenvalue weighted by Crippen LogP contribution is -2.22. The highest BCUT2D eigenvalue weighted by Gasteiger charge is 2.38. The van der Waals surface area contributed by atoms with Crippen LogP contribution in [0.1, 0.15) is 5.56 Å². The van der Waals surface area contributed by atoms with Gasteiger partial charge in [0.1, 0.15) is 4.90 Å². The van der Waals surface area contributed by atoms with Crippen molar-refractivity contribution in [1.82, 2.24) is 0 Å². The van der Waals surface area contributed by atoms with Crippen LogP contribution >= 0.6 is 23.2 Å². The normalized spacial score (nSPS) is 11.1. The standard InChI is InChI=1S/C14H14Cl2N4O2S.C2HF3O2/c15-11-2-1-3-12(13(11)16)23(21,22)20-10-6-4-9(5-7-10)8-19-14(17)18;3-2(4,5)1(6)7/h1-7,20H,8H2,(H4,17,18,19);(H,6,7). The molecule has 0 spiro atoms. The van der Waals surface area contributed by atoms with Gasteiger partial charge in [-0.3, -0.25) is 4.72 Å². The average molecular weight is 487 g/mol. The van der Waals surface area contributed by atoms with Gasteiger partial charge in [0.2, 0.25) is 0 Å². The molecule has 14 heteroatoms. The van der Waals surface area contributed by atoms with E-state index in [1.807, 2.05) is 0 Å². The first-order chi connectivity index (χ1) is 13.7. The summed E-state index contributed by atoms with van der Waals surface area (Å²) in [4.78, 5) is 12.7. The summed E-state index contributed by atoms with van der Waals surface area (Å²) < 4.78 is 58.9. The number of benzene rings is 2. The summed E-state index contributed by atoms with van der Waals surface area (Å²) in [5.74, 6) is -2.77. The maximum Gasteiger partial charge on any atom is 0.490 e. The number of alkyl halides is 3. The van der Waals surface area contributed by atoms with Crippen LogP contribution in [0.15, 0.2) is 52.4 Å². The number of aliphatic imine (C=N–C) groups is 1. The van der Waals surface area contributed by atoms with Gasteiger partial charge in [-0.05, 0) is 29.8 Å². The van der Waals surface area contributed by atoms with Crippen LogP contribution in [0, 0.1) is 0 Å². The Balaban J connectivity index is 0.000000553. The molecule has 6 N–H and O–H groups in total. The number of guanidine groups is 1. The summed E-state index contributed by atoms with van der Waals surface area (Å²) in [5, 5.41) is 7.27. The zero-order valence-corrected chi connectivity index (χ0v) is 17.1. The molecule has 8 nitrogen and oxygen atoms in total. The second-order valence-electron chi connectivity index (χ2n) is 5.40. The number of carboxylic acids is 1. The number of rotatable bonds is 5. The Morgan fingerprint density at radius 2 is 1.63 bits per heavy atom. The Bertz CT molecular complexity index is 1030. The van der Waals surface area contributed by atoms with Gasteiger partial charge in [-0.15, -0.1) is 0 Å². The minimum absolute atomic E-state index is 0.00891. The van der Waals surface area contributed by atoms with E-state index in [0.29, 0.717) is 12.2 Å². The fraction of sp³-hybridized carbons (Fsp3) is 0.125. The first-order valence-corrected chi connectivity index (χ1v) is 9.89. The maximum atomic E-state index is 12.4. The van der Waals surface area contributed by atoms with E-state index in [2.05, 4.69) is 9.71 Å². The van der Waals surface area contributed by atoms with Crippen molar-refractivity contribution in [1.29, 1.82) is 0 Å². The number of carboxylic acid groups (broad SMARTS) is 1. The molecule has 0 aliphatic rings. The zero-order valence-electron chi connectivity index (χ0n) is 14.8. The van der Waals surface area contributed by atoms with E-state index < -0.39 is 22.2 Å². The molecule has 0 amide bonds. The molecule has 30 heavy (non-hydrogen) atoms. The Hall–Kier alpha value is -2.70. The highest BCUT2D eigenvalue weighted by atomic mass is 35.5. The summed E-state index contributed by atoms with van der Waals surface area (Å²) in [6, 6.07) is 11.0. The van der Waals surface area contributed by atoms with Gasteiger partial charge in [0.25, 0.3) is 10.0 Å². The SMILES string of the molecule is NC(N)=NCc1ccc(NS(=O)(=O)c2cccc(Cl)c2Cl)cc1.O=C(O)C(F)(F)F. The molecule has 0 fully saturated rings. The fourth-order valence-electron chi connectivity index (χ4n) is 1.76. The van der Waals surface area contributed by atoms with Gasteiger partial charge >= 0.3 is 12.1 Å². The monoisotopic (exact) mass is 486 g/mol. The van der Waals surface area contributed by atoms with Gasteiger partial charge in [-0.25, -0.2) is 18.2 Å². The number of hydrogen-bond acceptors (Lipinski definition) is 4. The highest BCUT2D eigenvalue weighted by Crippen LogP contribution is 2.30. The molecule has 0 radical (unpaired) electrons. The molecule has 2 rings (SSSR count). The van der Waals surface area contributed by atoms with E-state index in [1.165, 1.54) is 18.2 Å². The number of sulfonamides is 1. The number of nitrogens with two attached hydrogens (primary N) is 2. The van der Waals surface area contributed by atoms with Crippen LogP contribution in [0.5, 0.6) is 0 Å².